The van der Waals surface area contributed by atoms with Gasteiger partial charge < -0.3 is 10.1 Å². The van der Waals surface area contributed by atoms with Gasteiger partial charge in [-0.3, -0.25) is 0 Å². The van der Waals surface area contributed by atoms with Crippen LogP contribution < -0.4 is 5.32 Å². The molecular weight excluding hydrogens is 252 g/mol. The molecule has 0 aliphatic carbocycles. The molecule has 0 aromatic carbocycles. The SMILES string of the molecule is O=CCCSC(=S)Nc1ccc(Cl)cn1. The lowest BCUT2D eigenvalue weighted by Gasteiger charge is -2.05. The number of thiocarbonyl (C=S) groups is 1. The number of carbonyl (C=O) groups excluding carboxylic acids is 1. The van der Waals surface area contributed by atoms with Crippen molar-refractivity contribution in [2.75, 3.05) is 11.1 Å². The normalized spacial score (nSPS) is 9.67. The lowest BCUT2D eigenvalue weighted by atomic mass is 10.5. The number of hydrogen-bond acceptors (Lipinski definition) is 4. The highest BCUT2D eigenvalue weighted by molar-refractivity contribution is 8.23. The summed E-state index contributed by atoms with van der Waals surface area (Å²) in [7, 11) is 0. The van der Waals surface area contributed by atoms with Crippen molar-refractivity contribution >= 4 is 52.0 Å². The van der Waals surface area contributed by atoms with E-state index in [1.807, 2.05) is 0 Å². The van der Waals surface area contributed by atoms with Crippen LogP contribution in [0.1, 0.15) is 6.42 Å². The third-order valence-corrected chi connectivity index (χ3v) is 2.91. The molecule has 1 rings (SSSR count). The fourth-order valence-corrected chi connectivity index (χ4v) is 1.83. The first-order chi connectivity index (χ1) is 7.22. The second-order valence-corrected chi connectivity index (χ2v) is 4.79. The van der Waals surface area contributed by atoms with E-state index in [1.165, 1.54) is 11.8 Å². The van der Waals surface area contributed by atoms with Gasteiger partial charge in [0.25, 0.3) is 0 Å². The maximum Gasteiger partial charge on any atom is 0.139 e. The molecule has 1 aromatic rings. The molecule has 1 aromatic heterocycles. The van der Waals surface area contributed by atoms with Crippen molar-refractivity contribution in [2.24, 2.45) is 0 Å². The molecule has 0 atom stereocenters. The van der Waals surface area contributed by atoms with Crippen molar-refractivity contribution in [1.82, 2.24) is 4.98 Å². The quantitative estimate of drug-likeness (QED) is 0.512. The summed E-state index contributed by atoms with van der Waals surface area (Å²) >= 11 is 12.1. The lowest BCUT2D eigenvalue weighted by Crippen LogP contribution is -2.06. The Bertz CT molecular complexity index is 342. The Balaban J connectivity index is 2.37. The van der Waals surface area contributed by atoms with Gasteiger partial charge in [-0.1, -0.05) is 35.6 Å². The Morgan fingerprint density at radius 2 is 2.47 bits per heavy atom. The van der Waals surface area contributed by atoms with Crippen LogP contribution in [0.5, 0.6) is 0 Å². The molecule has 0 spiro atoms. The number of halogens is 1. The summed E-state index contributed by atoms with van der Waals surface area (Å²) in [5.41, 5.74) is 0. The van der Waals surface area contributed by atoms with Gasteiger partial charge in [-0.15, -0.1) is 0 Å². The van der Waals surface area contributed by atoms with Crippen molar-refractivity contribution in [1.29, 1.82) is 0 Å². The maximum atomic E-state index is 10.1. The molecule has 0 fully saturated rings. The van der Waals surface area contributed by atoms with E-state index in [0.717, 1.165) is 6.29 Å². The molecule has 6 heteroatoms. The van der Waals surface area contributed by atoms with Crippen molar-refractivity contribution in [3.05, 3.63) is 23.4 Å². The number of hydrogen-bond donors (Lipinski definition) is 1. The summed E-state index contributed by atoms with van der Waals surface area (Å²) in [5.74, 6) is 1.34. The van der Waals surface area contributed by atoms with E-state index in [-0.39, 0.29) is 0 Å². The van der Waals surface area contributed by atoms with Crippen LogP contribution in [0.2, 0.25) is 5.02 Å². The van der Waals surface area contributed by atoms with Gasteiger partial charge in [-0.25, -0.2) is 4.98 Å². The zero-order valence-corrected chi connectivity index (χ0v) is 10.2. The Morgan fingerprint density at radius 1 is 1.67 bits per heavy atom. The molecule has 1 N–H and O–H groups in total. The number of aromatic nitrogens is 1. The van der Waals surface area contributed by atoms with Crippen molar-refractivity contribution < 1.29 is 4.79 Å². The average molecular weight is 261 g/mol. The van der Waals surface area contributed by atoms with E-state index in [1.54, 1.807) is 18.3 Å². The summed E-state index contributed by atoms with van der Waals surface area (Å²) < 4.78 is 0.603. The van der Waals surface area contributed by atoms with Gasteiger partial charge in [-0.05, 0) is 12.1 Å². The van der Waals surface area contributed by atoms with Crippen LogP contribution in [-0.4, -0.2) is 21.3 Å². The van der Waals surface area contributed by atoms with Gasteiger partial charge in [0, 0.05) is 18.4 Å². The number of pyridine rings is 1. The largest absolute Gasteiger partial charge is 0.326 e. The first-order valence-corrected chi connectivity index (χ1v) is 5.98. The fraction of sp³-hybridized carbons (Fsp3) is 0.222. The van der Waals surface area contributed by atoms with Gasteiger partial charge >= 0.3 is 0 Å². The number of aldehydes is 1. The van der Waals surface area contributed by atoms with Gasteiger partial charge in [0.1, 0.15) is 16.4 Å². The minimum absolute atomic E-state index is 0.501. The van der Waals surface area contributed by atoms with Gasteiger partial charge in [0.15, 0.2) is 0 Å². The summed E-state index contributed by atoms with van der Waals surface area (Å²) in [6.45, 7) is 0. The standard InChI is InChI=1S/C9H9ClN2OS2/c10-7-2-3-8(11-6-7)12-9(14)15-5-1-4-13/h2-4,6H,1,5H2,(H,11,12,14). The third kappa shape index (κ3) is 5.11. The highest BCUT2D eigenvalue weighted by atomic mass is 35.5. The Hall–Kier alpha value is -0.650. The number of thioether (sulfide) groups is 1. The molecule has 1 heterocycles. The maximum absolute atomic E-state index is 10.1. The summed E-state index contributed by atoms with van der Waals surface area (Å²) in [5, 5.41) is 3.52. The van der Waals surface area contributed by atoms with E-state index >= 15 is 0 Å². The molecule has 0 aliphatic heterocycles. The lowest BCUT2D eigenvalue weighted by molar-refractivity contribution is -0.107. The monoisotopic (exact) mass is 260 g/mol. The van der Waals surface area contributed by atoms with E-state index in [0.29, 0.717) is 27.3 Å². The van der Waals surface area contributed by atoms with Crippen molar-refractivity contribution in [2.45, 2.75) is 6.42 Å². The minimum Gasteiger partial charge on any atom is -0.326 e. The number of nitrogens with one attached hydrogen (secondary N) is 1. The predicted octanol–water partition coefficient (Wildman–Crippen LogP) is 2.75. The van der Waals surface area contributed by atoms with Crippen LogP contribution in [0.25, 0.3) is 0 Å². The highest BCUT2D eigenvalue weighted by Gasteiger charge is 1.99. The predicted molar refractivity (Wildman–Crippen MR) is 68.6 cm³/mol. The summed E-state index contributed by atoms with van der Waals surface area (Å²) in [6.07, 6.45) is 2.92. The van der Waals surface area contributed by atoms with Crippen LogP contribution in [0.3, 0.4) is 0 Å². The van der Waals surface area contributed by atoms with Crippen LogP contribution in [-0.2, 0) is 4.79 Å². The first-order valence-electron chi connectivity index (χ1n) is 4.21. The molecule has 0 radical (unpaired) electrons. The Labute approximate surface area is 103 Å². The smallest absolute Gasteiger partial charge is 0.139 e. The van der Waals surface area contributed by atoms with Gasteiger partial charge in [0.2, 0.25) is 0 Å². The summed E-state index contributed by atoms with van der Waals surface area (Å²) in [6, 6.07) is 3.48. The van der Waals surface area contributed by atoms with Crippen LogP contribution in [0, 0.1) is 0 Å². The minimum atomic E-state index is 0.501. The number of carbonyl (C=O) groups is 1. The fourth-order valence-electron chi connectivity index (χ4n) is 0.790. The average Bonchev–Trinajstić information content (AvgIpc) is 2.22. The van der Waals surface area contributed by atoms with Gasteiger partial charge in [-0.2, -0.15) is 0 Å². The topological polar surface area (TPSA) is 42.0 Å². The first kappa shape index (κ1) is 12.4. The van der Waals surface area contributed by atoms with E-state index < -0.39 is 0 Å². The van der Waals surface area contributed by atoms with Crippen LogP contribution in [0.4, 0.5) is 5.82 Å². The third-order valence-electron chi connectivity index (χ3n) is 1.43. The van der Waals surface area contributed by atoms with E-state index in [9.17, 15) is 4.79 Å². The number of anilines is 1. The van der Waals surface area contributed by atoms with E-state index in [4.69, 9.17) is 23.8 Å². The van der Waals surface area contributed by atoms with Crippen LogP contribution >= 0.6 is 35.6 Å². The Morgan fingerprint density at radius 3 is 3.07 bits per heavy atom. The zero-order valence-electron chi connectivity index (χ0n) is 7.77. The molecule has 0 amide bonds. The molecule has 0 aliphatic rings. The summed E-state index contributed by atoms with van der Waals surface area (Å²) in [4.78, 5) is 14.1. The molecular formula is C9H9ClN2OS2. The molecule has 80 valence electrons. The molecule has 15 heavy (non-hydrogen) atoms. The van der Waals surface area contributed by atoms with Crippen molar-refractivity contribution in [3.63, 3.8) is 0 Å². The Kier molecular flexibility index (Phi) is 5.60. The molecule has 0 bridgehead atoms. The van der Waals surface area contributed by atoms with Gasteiger partial charge in [0.05, 0.1) is 5.02 Å². The second kappa shape index (κ2) is 6.76. The van der Waals surface area contributed by atoms with Crippen LogP contribution in [0.15, 0.2) is 18.3 Å². The van der Waals surface area contributed by atoms with E-state index in [2.05, 4.69) is 10.3 Å². The molecule has 0 unspecified atom stereocenters. The second-order valence-electron chi connectivity index (χ2n) is 2.58. The van der Waals surface area contributed by atoms with Crippen molar-refractivity contribution in [3.8, 4) is 0 Å². The molecule has 0 saturated carbocycles. The molecule has 0 saturated heterocycles. The zero-order chi connectivity index (χ0) is 11.1. The number of nitrogens with zero attached hydrogens (tertiary/aromatic N) is 1. The highest BCUT2D eigenvalue weighted by Crippen LogP contribution is 2.12. The number of rotatable bonds is 4. The molecule has 3 nitrogen and oxygen atoms in total.